The van der Waals surface area contributed by atoms with E-state index in [9.17, 15) is 13.2 Å². The zero-order valence-electron chi connectivity index (χ0n) is 8.66. The van der Waals surface area contributed by atoms with Crippen LogP contribution >= 0.6 is 11.6 Å². The number of rotatable bonds is 2. The highest BCUT2D eigenvalue weighted by molar-refractivity contribution is 6.30. The summed E-state index contributed by atoms with van der Waals surface area (Å²) in [7, 11) is 1.75. The molecule has 1 aromatic rings. The van der Waals surface area contributed by atoms with E-state index >= 15 is 0 Å². The molecule has 0 amide bonds. The number of nitrogens with one attached hydrogen (secondary N) is 1. The number of benzene rings is 1. The fourth-order valence-electron chi connectivity index (χ4n) is 1.84. The van der Waals surface area contributed by atoms with Gasteiger partial charge in [-0.2, -0.15) is 13.2 Å². The smallest absolute Gasteiger partial charge is 0.310 e. The van der Waals surface area contributed by atoms with Gasteiger partial charge in [0, 0.05) is 10.6 Å². The normalized spacial score (nSPS) is 18.6. The lowest BCUT2D eigenvalue weighted by atomic mass is 10.0. The molecule has 1 N–H and O–H groups in total. The quantitative estimate of drug-likeness (QED) is 0.845. The molecule has 0 saturated heterocycles. The third kappa shape index (κ3) is 2.04. The number of halogens is 4. The summed E-state index contributed by atoms with van der Waals surface area (Å²) in [6, 6.07) is 3.73. The summed E-state index contributed by atoms with van der Waals surface area (Å²) in [6.07, 6.45) is -2.65. The van der Waals surface area contributed by atoms with Gasteiger partial charge in [0.1, 0.15) is 0 Å². The number of alkyl halides is 3. The summed E-state index contributed by atoms with van der Waals surface area (Å²) in [4.78, 5) is 0. The van der Waals surface area contributed by atoms with Crippen LogP contribution in [0.5, 0.6) is 0 Å². The molecule has 1 saturated carbocycles. The van der Waals surface area contributed by atoms with E-state index in [0.29, 0.717) is 5.56 Å². The highest BCUT2D eigenvalue weighted by atomic mass is 35.5. The number of hydrogen-bond acceptors (Lipinski definition) is 1. The standard InChI is InChI=1S/C11H11ClF3N/c1-16-10(2-3-10)7-4-8(11(13,14)15)6-9(12)5-7/h4-6,16H,2-3H2,1H3. The van der Waals surface area contributed by atoms with Crippen molar-refractivity contribution in [2.75, 3.05) is 7.05 Å². The SMILES string of the molecule is CNC1(c2cc(Cl)cc(C(F)(F)F)c2)CC1. The van der Waals surface area contributed by atoms with Crippen LogP contribution < -0.4 is 5.32 Å². The van der Waals surface area contributed by atoms with Crippen molar-refractivity contribution in [3.05, 3.63) is 34.3 Å². The molecule has 0 atom stereocenters. The topological polar surface area (TPSA) is 12.0 Å². The Kier molecular flexibility index (Phi) is 2.67. The molecule has 0 unspecified atom stereocenters. The maximum absolute atomic E-state index is 12.6. The molecule has 0 spiro atoms. The van der Waals surface area contributed by atoms with E-state index in [1.54, 1.807) is 13.1 Å². The second-order valence-corrected chi connectivity index (χ2v) is 4.49. The molecule has 16 heavy (non-hydrogen) atoms. The lowest BCUT2D eigenvalue weighted by molar-refractivity contribution is -0.137. The fourth-order valence-corrected chi connectivity index (χ4v) is 2.07. The third-order valence-electron chi connectivity index (χ3n) is 3.01. The zero-order valence-corrected chi connectivity index (χ0v) is 9.41. The Morgan fingerprint density at radius 1 is 1.25 bits per heavy atom. The molecule has 0 bridgehead atoms. The van der Waals surface area contributed by atoms with Crippen molar-refractivity contribution in [3.8, 4) is 0 Å². The van der Waals surface area contributed by atoms with Crippen molar-refractivity contribution in [3.63, 3.8) is 0 Å². The molecule has 0 radical (unpaired) electrons. The second kappa shape index (κ2) is 3.64. The first-order valence-electron chi connectivity index (χ1n) is 4.95. The molecule has 1 nitrogen and oxygen atoms in total. The maximum atomic E-state index is 12.6. The lowest BCUT2D eigenvalue weighted by Gasteiger charge is -2.17. The van der Waals surface area contributed by atoms with Crippen LogP contribution in [0.2, 0.25) is 5.02 Å². The van der Waals surface area contributed by atoms with E-state index in [1.165, 1.54) is 6.07 Å². The summed E-state index contributed by atoms with van der Waals surface area (Å²) in [5, 5.41) is 3.18. The Labute approximate surface area is 96.6 Å². The van der Waals surface area contributed by atoms with Gasteiger partial charge in [-0.05, 0) is 43.7 Å². The maximum Gasteiger partial charge on any atom is 0.416 e. The van der Waals surface area contributed by atoms with Crippen molar-refractivity contribution >= 4 is 11.6 Å². The van der Waals surface area contributed by atoms with Crippen LogP contribution in [0.25, 0.3) is 0 Å². The van der Waals surface area contributed by atoms with Crippen LogP contribution in [0.15, 0.2) is 18.2 Å². The minimum Gasteiger partial charge on any atom is -0.310 e. The van der Waals surface area contributed by atoms with Gasteiger partial charge < -0.3 is 5.32 Å². The molecule has 2 rings (SSSR count). The summed E-state index contributed by atoms with van der Waals surface area (Å²) < 4.78 is 37.7. The van der Waals surface area contributed by atoms with E-state index in [1.807, 2.05) is 0 Å². The van der Waals surface area contributed by atoms with E-state index in [2.05, 4.69) is 5.32 Å². The van der Waals surface area contributed by atoms with Crippen LogP contribution in [0.1, 0.15) is 24.0 Å². The van der Waals surface area contributed by atoms with Gasteiger partial charge in [-0.25, -0.2) is 0 Å². The molecule has 1 aliphatic carbocycles. The van der Waals surface area contributed by atoms with Gasteiger partial charge in [0.05, 0.1) is 5.56 Å². The van der Waals surface area contributed by atoms with Crippen molar-refractivity contribution in [1.82, 2.24) is 5.32 Å². The van der Waals surface area contributed by atoms with E-state index in [4.69, 9.17) is 11.6 Å². The summed E-state index contributed by atoms with van der Waals surface area (Å²) in [5.74, 6) is 0. The van der Waals surface area contributed by atoms with Gasteiger partial charge in [-0.15, -0.1) is 0 Å². The van der Waals surface area contributed by atoms with Gasteiger partial charge in [0.25, 0.3) is 0 Å². The minimum atomic E-state index is -4.34. The predicted octanol–water partition coefficient (Wildman–Crippen LogP) is 3.57. The van der Waals surface area contributed by atoms with E-state index < -0.39 is 11.7 Å². The zero-order chi connectivity index (χ0) is 12.0. The first-order valence-corrected chi connectivity index (χ1v) is 5.32. The van der Waals surface area contributed by atoms with Crippen LogP contribution in [-0.2, 0) is 11.7 Å². The summed E-state index contributed by atoms with van der Waals surface area (Å²) in [5.41, 5.74) is -0.364. The molecule has 1 aliphatic rings. The Balaban J connectivity index is 2.45. The predicted molar refractivity (Wildman–Crippen MR) is 56.4 cm³/mol. The molecule has 0 aromatic heterocycles. The summed E-state index contributed by atoms with van der Waals surface area (Å²) in [6.45, 7) is 0. The molecule has 5 heteroatoms. The highest BCUT2D eigenvalue weighted by Gasteiger charge is 2.44. The Morgan fingerprint density at radius 3 is 2.31 bits per heavy atom. The monoisotopic (exact) mass is 249 g/mol. The molecular formula is C11H11ClF3N. The largest absolute Gasteiger partial charge is 0.416 e. The number of hydrogen-bond donors (Lipinski definition) is 1. The van der Waals surface area contributed by atoms with Gasteiger partial charge in [0.2, 0.25) is 0 Å². The van der Waals surface area contributed by atoms with Crippen LogP contribution in [0.3, 0.4) is 0 Å². The molecule has 1 fully saturated rings. The van der Waals surface area contributed by atoms with Crippen molar-refractivity contribution in [2.45, 2.75) is 24.6 Å². The Hall–Kier alpha value is -0.740. The van der Waals surface area contributed by atoms with Gasteiger partial charge in [-0.3, -0.25) is 0 Å². The molecular weight excluding hydrogens is 239 g/mol. The highest BCUT2D eigenvalue weighted by Crippen LogP contribution is 2.47. The third-order valence-corrected chi connectivity index (χ3v) is 3.22. The summed E-state index contributed by atoms with van der Waals surface area (Å²) >= 11 is 5.72. The molecule has 0 aliphatic heterocycles. The second-order valence-electron chi connectivity index (χ2n) is 4.06. The van der Waals surface area contributed by atoms with Gasteiger partial charge in [0.15, 0.2) is 0 Å². The Bertz CT molecular complexity index is 410. The van der Waals surface area contributed by atoms with Gasteiger partial charge in [-0.1, -0.05) is 11.6 Å². The Morgan fingerprint density at radius 2 is 1.88 bits per heavy atom. The molecule has 0 heterocycles. The molecule has 88 valence electrons. The van der Waals surface area contributed by atoms with Crippen LogP contribution in [0, 0.1) is 0 Å². The molecule has 1 aromatic carbocycles. The van der Waals surface area contributed by atoms with Gasteiger partial charge >= 0.3 is 6.18 Å². The van der Waals surface area contributed by atoms with Crippen LogP contribution in [0.4, 0.5) is 13.2 Å². The fraction of sp³-hybridized carbons (Fsp3) is 0.455. The van der Waals surface area contributed by atoms with Crippen molar-refractivity contribution < 1.29 is 13.2 Å². The first kappa shape index (κ1) is 11.7. The first-order chi connectivity index (χ1) is 7.37. The average Bonchev–Trinajstić information content (AvgIpc) is 2.96. The van der Waals surface area contributed by atoms with E-state index in [-0.39, 0.29) is 10.6 Å². The van der Waals surface area contributed by atoms with Crippen LogP contribution in [-0.4, -0.2) is 7.05 Å². The lowest BCUT2D eigenvalue weighted by Crippen LogP contribution is -2.25. The van der Waals surface area contributed by atoms with Crippen molar-refractivity contribution in [1.29, 1.82) is 0 Å². The van der Waals surface area contributed by atoms with E-state index in [0.717, 1.165) is 18.9 Å². The van der Waals surface area contributed by atoms with Crippen molar-refractivity contribution in [2.24, 2.45) is 0 Å². The minimum absolute atomic E-state index is 0.131. The average molecular weight is 250 g/mol.